The number of hydrogen-bond donors (Lipinski definition) is 1. The molecule has 0 atom stereocenters. The maximum atomic E-state index is 12.6. The minimum Gasteiger partial charge on any atom is -0.322 e. The lowest BCUT2D eigenvalue weighted by Crippen LogP contribution is -2.29. The number of amides is 3. The number of rotatable bonds is 6. The zero-order valence-corrected chi connectivity index (χ0v) is 16.9. The minimum atomic E-state index is -2.51. The predicted octanol–water partition coefficient (Wildman–Crippen LogP) is 5.05. The fourth-order valence-corrected chi connectivity index (χ4v) is 3.80. The molecular weight excluding hydrogens is 422 g/mol. The summed E-state index contributed by atoms with van der Waals surface area (Å²) in [7, 11) is 0. The standard InChI is InChI=1S/C23H16F2N2O3S/c24-23(25)31-17-10-8-16(9-11-17)26-20(28)15-5-3-4-14(12-15)13-27-21(29)18-6-1-2-7-19(18)22(27)30/h1-12,23H,13H2,(H,26,28). The van der Waals surface area contributed by atoms with Gasteiger partial charge in [-0.25, -0.2) is 0 Å². The molecule has 1 heterocycles. The number of thioether (sulfide) groups is 1. The molecule has 8 heteroatoms. The number of alkyl halides is 2. The lowest BCUT2D eigenvalue weighted by atomic mass is 10.1. The molecule has 156 valence electrons. The zero-order valence-electron chi connectivity index (χ0n) is 16.0. The largest absolute Gasteiger partial charge is 0.322 e. The van der Waals surface area contributed by atoms with Crippen molar-refractivity contribution in [2.75, 3.05) is 5.32 Å². The number of benzene rings is 3. The highest BCUT2D eigenvalue weighted by molar-refractivity contribution is 7.99. The van der Waals surface area contributed by atoms with Gasteiger partial charge in [0.25, 0.3) is 23.5 Å². The highest BCUT2D eigenvalue weighted by Crippen LogP contribution is 2.27. The highest BCUT2D eigenvalue weighted by atomic mass is 32.2. The van der Waals surface area contributed by atoms with Crippen LogP contribution in [0.4, 0.5) is 14.5 Å². The molecule has 0 fully saturated rings. The van der Waals surface area contributed by atoms with Crippen LogP contribution in [0, 0.1) is 0 Å². The Kier molecular flexibility index (Phi) is 5.81. The van der Waals surface area contributed by atoms with Crippen molar-refractivity contribution in [3.8, 4) is 0 Å². The number of nitrogens with one attached hydrogen (secondary N) is 1. The maximum Gasteiger partial charge on any atom is 0.288 e. The Balaban J connectivity index is 1.45. The summed E-state index contributed by atoms with van der Waals surface area (Å²) in [6.07, 6.45) is 0. The van der Waals surface area contributed by atoms with Crippen LogP contribution in [0.5, 0.6) is 0 Å². The number of imide groups is 1. The Morgan fingerprint density at radius 3 is 2.16 bits per heavy atom. The van der Waals surface area contributed by atoms with Crippen molar-refractivity contribution < 1.29 is 23.2 Å². The van der Waals surface area contributed by atoms with Crippen molar-refractivity contribution in [3.63, 3.8) is 0 Å². The molecule has 1 aliphatic rings. The average Bonchev–Trinajstić information content (AvgIpc) is 3.00. The normalized spacial score (nSPS) is 12.9. The number of carbonyl (C=O) groups excluding carboxylic acids is 3. The molecule has 0 spiro atoms. The summed E-state index contributed by atoms with van der Waals surface area (Å²) in [5, 5.41) is 2.71. The third-order valence-electron chi connectivity index (χ3n) is 4.75. The molecule has 0 saturated heterocycles. The summed E-state index contributed by atoms with van der Waals surface area (Å²) in [5.74, 6) is -3.63. The summed E-state index contributed by atoms with van der Waals surface area (Å²) >= 11 is 0.429. The molecule has 31 heavy (non-hydrogen) atoms. The molecule has 0 radical (unpaired) electrons. The van der Waals surface area contributed by atoms with E-state index in [9.17, 15) is 23.2 Å². The lowest BCUT2D eigenvalue weighted by Gasteiger charge is -2.14. The molecule has 3 aromatic carbocycles. The molecule has 0 aromatic heterocycles. The van der Waals surface area contributed by atoms with E-state index in [1.807, 2.05) is 0 Å². The minimum absolute atomic E-state index is 0.0486. The molecule has 5 nitrogen and oxygen atoms in total. The van der Waals surface area contributed by atoms with E-state index in [-0.39, 0.29) is 18.4 Å². The third-order valence-corrected chi connectivity index (χ3v) is 5.47. The Morgan fingerprint density at radius 2 is 1.55 bits per heavy atom. The zero-order chi connectivity index (χ0) is 22.0. The number of hydrogen-bond acceptors (Lipinski definition) is 4. The van der Waals surface area contributed by atoms with E-state index in [2.05, 4.69) is 5.32 Å². The van der Waals surface area contributed by atoms with Gasteiger partial charge in [0.15, 0.2) is 0 Å². The van der Waals surface area contributed by atoms with Crippen LogP contribution in [-0.4, -0.2) is 28.4 Å². The second-order valence-corrected chi connectivity index (χ2v) is 7.86. The fraction of sp³-hybridized carbons (Fsp3) is 0.0870. The molecule has 1 N–H and O–H groups in total. The van der Waals surface area contributed by atoms with Gasteiger partial charge in [-0.3, -0.25) is 19.3 Å². The van der Waals surface area contributed by atoms with Gasteiger partial charge in [-0.2, -0.15) is 8.78 Å². The SMILES string of the molecule is O=C(Nc1ccc(SC(F)F)cc1)c1cccc(CN2C(=O)c3ccccc3C2=O)c1. The first kappa shape index (κ1) is 20.7. The summed E-state index contributed by atoms with van der Waals surface area (Å²) in [6.45, 7) is 0.0486. The molecular formula is C23H16F2N2O3S. The quantitative estimate of drug-likeness (QED) is 0.432. The van der Waals surface area contributed by atoms with Gasteiger partial charge >= 0.3 is 0 Å². The lowest BCUT2D eigenvalue weighted by molar-refractivity contribution is 0.0642. The molecule has 0 unspecified atom stereocenters. The fourth-order valence-electron chi connectivity index (χ4n) is 3.30. The summed E-state index contributed by atoms with van der Waals surface area (Å²) < 4.78 is 24.8. The van der Waals surface area contributed by atoms with Gasteiger partial charge in [0, 0.05) is 16.1 Å². The molecule has 1 aliphatic heterocycles. The van der Waals surface area contributed by atoms with Crippen LogP contribution in [0.1, 0.15) is 36.6 Å². The Labute approximate surface area is 181 Å². The van der Waals surface area contributed by atoms with Crippen LogP contribution in [0.25, 0.3) is 0 Å². The van der Waals surface area contributed by atoms with Gasteiger partial charge in [0.05, 0.1) is 17.7 Å². The molecule has 3 amide bonds. The van der Waals surface area contributed by atoms with E-state index < -0.39 is 11.7 Å². The molecule has 4 rings (SSSR count). The van der Waals surface area contributed by atoms with Crippen LogP contribution >= 0.6 is 11.8 Å². The maximum absolute atomic E-state index is 12.6. The number of halogens is 2. The van der Waals surface area contributed by atoms with E-state index >= 15 is 0 Å². The first-order valence-corrected chi connectivity index (χ1v) is 10.2. The van der Waals surface area contributed by atoms with E-state index in [0.717, 1.165) is 4.90 Å². The van der Waals surface area contributed by atoms with Crippen molar-refractivity contribution in [3.05, 3.63) is 95.1 Å². The average molecular weight is 438 g/mol. The second kappa shape index (κ2) is 8.69. The first-order chi connectivity index (χ1) is 14.9. The molecule has 3 aromatic rings. The van der Waals surface area contributed by atoms with E-state index in [4.69, 9.17) is 0 Å². The number of anilines is 1. The van der Waals surface area contributed by atoms with E-state index in [0.29, 0.717) is 44.6 Å². The van der Waals surface area contributed by atoms with Crippen molar-refractivity contribution in [2.45, 2.75) is 17.2 Å². The van der Waals surface area contributed by atoms with Gasteiger partial charge < -0.3 is 5.32 Å². The van der Waals surface area contributed by atoms with Crippen molar-refractivity contribution in [1.82, 2.24) is 4.90 Å². The molecule has 0 aliphatic carbocycles. The third kappa shape index (κ3) is 4.49. The highest BCUT2D eigenvalue weighted by Gasteiger charge is 2.34. The van der Waals surface area contributed by atoms with Gasteiger partial charge in [-0.15, -0.1) is 0 Å². The number of carbonyl (C=O) groups is 3. The summed E-state index contributed by atoms with van der Waals surface area (Å²) in [5.41, 5.74) is 2.19. The van der Waals surface area contributed by atoms with Gasteiger partial charge in [0.2, 0.25) is 0 Å². The molecule has 0 saturated carbocycles. The Bertz CT molecular complexity index is 1130. The van der Waals surface area contributed by atoms with Crippen molar-refractivity contribution in [2.24, 2.45) is 0 Å². The number of nitrogens with zero attached hydrogens (tertiary/aromatic N) is 1. The first-order valence-electron chi connectivity index (χ1n) is 9.33. The van der Waals surface area contributed by atoms with Crippen LogP contribution in [-0.2, 0) is 6.54 Å². The predicted molar refractivity (Wildman–Crippen MR) is 113 cm³/mol. The smallest absolute Gasteiger partial charge is 0.288 e. The van der Waals surface area contributed by atoms with Crippen LogP contribution in [0.3, 0.4) is 0 Å². The van der Waals surface area contributed by atoms with Crippen LogP contribution < -0.4 is 5.32 Å². The van der Waals surface area contributed by atoms with Gasteiger partial charge in [-0.1, -0.05) is 36.0 Å². The van der Waals surface area contributed by atoms with Gasteiger partial charge in [-0.05, 0) is 54.1 Å². The topological polar surface area (TPSA) is 66.5 Å². The van der Waals surface area contributed by atoms with Crippen molar-refractivity contribution in [1.29, 1.82) is 0 Å². The van der Waals surface area contributed by atoms with E-state index in [1.54, 1.807) is 60.7 Å². The number of fused-ring (bicyclic) bond motifs is 1. The molecule has 0 bridgehead atoms. The van der Waals surface area contributed by atoms with E-state index in [1.165, 1.54) is 12.1 Å². The van der Waals surface area contributed by atoms with Crippen LogP contribution in [0.15, 0.2) is 77.7 Å². The monoisotopic (exact) mass is 438 g/mol. The summed E-state index contributed by atoms with van der Waals surface area (Å²) in [6, 6.07) is 19.4. The van der Waals surface area contributed by atoms with Crippen molar-refractivity contribution >= 4 is 35.2 Å². The second-order valence-electron chi connectivity index (χ2n) is 6.80. The Hall–Kier alpha value is -3.52. The summed E-state index contributed by atoms with van der Waals surface area (Å²) in [4.78, 5) is 39.2. The van der Waals surface area contributed by atoms with Crippen LogP contribution in [0.2, 0.25) is 0 Å². The van der Waals surface area contributed by atoms with Gasteiger partial charge in [0.1, 0.15) is 0 Å². The Morgan fingerprint density at radius 1 is 0.903 bits per heavy atom.